The molecule has 1 heterocycles. The molecule has 0 aliphatic heterocycles. The normalized spacial score (nSPS) is 12.0. The fraction of sp³-hybridized carbons (Fsp3) is 0.263. The molecule has 2 aromatic carbocycles. The molecule has 0 radical (unpaired) electrons. The standard InChI is InChI=1S/C19H20BrN5OS/c1-11-8-9-16(15(20)10-11)21-18(26)14(4)27-19-22-23-24-25(19)17-12(2)6-5-7-13(17)3/h5-10,14H,1-4H3,(H,21,26). The van der Waals surface area contributed by atoms with Crippen molar-refractivity contribution in [2.45, 2.75) is 38.1 Å². The molecule has 0 saturated heterocycles. The number of amides is 1. The Hall–Kier alpha value is -2.19. The van der Waals surface area contributed by atoms with E-state index in [1.165, 1.54) is 11.8 Å². The van der Waals surface area contributed by atoms with Gasteiger partial charge in [0.15, 0.2) is 0 Å². The Morgan fingerprint density at radius 3 is 2.56 bits per heavy atom. The Morgan fingerprint density at radius 1 is 1.19 bits per heavy atom. The Morgan fingerprint density at radius 2 is 1.89 bits per heavy atom. The van der Waals surface area contributed by atoms with Gasteiger partial charge in [0.1, 0.15) is 0 Å². The van der Waals surface area contributed by atoms with Crippen LogP contribution in [0.15, 0.2) is 46.0 Å². The van der Waals surface area contributed by atoms with Crippen molar-refractivity contribution in [2.24, 2.45) is 0 Å². The molecule has 0 bridgehead atoms. The molecule has 1 unspecified atom stereocenters. The van der Waals surface area contributed by atoms with Gasteiger partial charge in [-0.15, -0.1) is 5.10 Å². The number of anilines is 1. The molecule has 140 valence electrons. The Kier molecular flexibility index (Phi) is 5.96. The predicted molar refractivity (Wildman–Crippen MR) is 111 cm³/mol. The highest BCUT2D eigenvalue weighted by Crippen LogP contribution is 2.28. The van der Waals surface area contributed by atoms with Gasteiger partial charge in [-0.3, -0.25) is 4.79 Å². The van der Waals surface area contributed by atoms with Crippen LogP contribution in [0.1, 0.15) is 23.6 Å². The lowest BCUT2D eigenvalue weighted by Crippen LogP contribution is -2.23. The summed E-state index contributed by atoms with van der Waals surface area (Å²) in [5.74, 6) is -0.111. The lowest BCUT2D eigenvalue weighted by molar-refractivity contribution is -0.115. The van der Waals surface area contributed by atoms with Crippen molar-refractivity contribution in [1.29, 1.82) is 0 Å². The number of para-hydroxylation sites is 1. The van der Waals surface area contributed by atoms with Crippen LogP contribution < -0.4 is 5.32 Å². The second-order valence-corrected chi connectivity index (χ2v) is 8.51. The molecule has 27 heavy (non-hydrogen) atoms. The zero-order chi connectivity index (χ0) is 19.6. The summed E-state index contributed by atoms with van der Waals surface area (Å²) in [6.45, 7) is 7.88. The van der Waals surface area contributed by atoms with E-state index < -0.39 is 0 Å². The average molecular weight is 446 g/mol. The number of carbonyl (C=O) groups excluding carboxylic acids is 1. The number of carbonyl (C=O) groups is 1. The van der Waals surface area contributed by atoms with Gasteiger partial charge >= 0.3 is 0 Å². The first-order chi connectivity index (χ1) is 12.9. The van der Waals surface area contributed by atoms with E-state index in [1.54, 1.807) is 4.68 Å². The van der Waals surface area contributed by atoms with Crippen molar-refractivity contribution in [3.05, 3.63) is 57.6 Å². The summed E-state index contributed by atoms with van der Waals surface area (Å²) in [6.07, 6.45) is 0. The van der Waals surface area contributed by atoms with Crippen molar-refractivity contribution >= 4 is 39.3 Å². The van der Waals surface area contributed by atoms with Gasteiger partial charge in [0.05, 0.1) is 16.6 Å². The zero-order valence-electron chi connectivity index (χ0n) is 15.5. The summed E-state index contributed by atoms with van der Waals surface area (Å²) in [6, 6.07) is 11.8. The van der Waals surface area contributed by atoms with Crippen molar-refractivity contribution in [2.75, 3.05) is 5.32 Å². The van der Waals surface area contributed by atoms with E-state index in [-0.39, 0.29) is 11.2 Å². The van der Waals surface area contributed by atoms with Gasteiger partial charge in [-0.1, -0.05) is 36.0 Å². The van der Waals surface area contributed by atoms with Crippen molar-refractivity contribution in [3.8, 4) is 5.69 Å². The van der Waals surface area contributed by atoms with Crippen LogP contribution in [0, 0.1) is 20.8 Å². The quantitative estimate of drug-likeness (QED) is 0.586. The van der Waals surface area contributed by atoms with E-state index in [1.807, 2.05) is 64.1 Å². The van der Waals surface area contributed by atoms with Gasteiger partial charge in [0, 0.05) is 4.47 Å². The summed E-state index contributed by atoms with van der Waals surface area (Å²) >= 11 is 4.81. The lowest BCUT2D eigenvalue weighted by atomic mass is 10.1. The number of thioether (sulfide) groups is 1. The summed E-state index contributed by atoms with van der Waals surface area (Å²) in [4.78, 5) is 12.6. The smallest absolute Gasteiger partial charge is 0.237 e. The molecule has 3 rings (SSSR count). The predicted octanol–water partition coefficient (Wildman–Crippen LogP) is 4.47. The maximum Gasteiger partial charge on any atom is 0.237 e. The van der Waals surface area contributed by atoms with Crippen LogP contribution >= 0.6 is 27.7 Å². The number of aromatic nitrogens is 4. The van der Waals surface area contributed by atoms with Gasteiger partial charge in [0.25, 0.3) is 0 Å². The highest BCUT2D eigenvalue weighted by atomic mass is 79.9. The third-order valence-corrected chi connectivity index (χ3v) is 5.82. The van der Waals surface area contributed by atoms with Crippen molar-refractivity contribution < 1.29 is 4.79 Å². The van der Waals surface area contributed by atoms with Crippen LogP contribution in [0.3, 0.4) is 0 Å². The number of nitrogens with one attached hydrogen (secondary N) is 1. The van der Waals surface area contributed by atoms with Crippen LogP contribution in [0.4, 0.5) is 5.69 Å². The van der Waals surface area contributed by atoms with Gasteiger partial charge in [-0.25, -0.2) is 0 Å². The highest BCUT2D eigenvalue weighted by Gasteiger charge is 2.21. The fourth-order valence-electron chi connectivity index (χ4n) is 2.70. The maximum atomic E-state index is 12.6. The van der Waals surface area contributed by atoms with Gasteiger partial charge in [-0.2, -0.15) is 4.68 Å². The van der Waals surface area contributed by atoms with E-state index in [4.69, 9.17) is 0 Å². The number of benzene rings is 2. The van der Waals surface area contributed by atoms with E-state index in [9.17, 15) is 4.79 Å². The van der Waals surface area contributed by atoms with Crippen molar-refractivity contribution in [3.63, 3.8) is 0 Å². The molecule has 0 saturated carbocycles. The number of hydrogen-bond donors (Lipinski definition) is 1. The topological polar surface area (TPSA) is 72.7 Å². The number of rotatable bonds is 5. The molecule has 0 fully saturated rings. The minimum Gasteiger partial charge on any atom is -0.324 e. The minimum atomic E-state index is -0.368. The van der Waals surface area contributed by atoms with Crippen LogP contribution in [-0.4, -0.2) is 31.4 Å². The SMILES string of the molecule is Cc1ccc(NC(=O)C(C)Sc2nnnn2-c2c(C)cccc2C)c(Br)c1. The second-order valence-electron chi connectivity index (χ2n) is 6.35. The Bertz CT molecular complexity index is 968. The molecule has 0 spiro atoms. The Balaban J connectivity index is 1.78. The molecule has 1 aromatic heterocycles. The summed E-state index contributed by atoms with van der Waals surface area (Å²) < 4.78 is 2.55. The van der Waals surface area contributed by atoms with Crippen molar-refractivity contribution in [1.82, 2.24) is 20.2 Å². The maximum absolute atomic E-state index is 12.6. The zero-order valence-corrected chi connectivity index (χ0v) is 17.9. The minimum absolute atomic E-state index is 0.111. The number of nitrogens with zero attached hydrogens (tertiary/aromatic N) is 4. The van der Waals surface area contributed by atoms with E-state index in [0.717, 1.165) is 32.5 Å². The first-order valence-corrected chi connectivity index (χ1v) is 10.1. The van der Waals surface area contributed by atoms with E-state index >= 15 is 0 Å². The molecule has 1 amide bonds. The summed E-state index contributed by atoms with van der Waals surface area (Å²) in [5, 5.41) is 15.2. The molecular weight excluding hydrogens is 426 g/mol. The second kappa shape index (κ2) is 8.22. The third kappa shape index (κ3) is 4.39. The molecule has 8 heteroatoms. The first kappa shape index (κ1) is 19.6. The lowest BCUT2D eigenvalue weighted by Gasteiger charge is -2.14. The third-order valence-electron chi connectivity index (χ3n) is 4.13. The highest BCUT2D eigenvalue weighted by molar-refractivity contribution is 9.10. The molecular formula is C19H20BrN5OS. The van der Waals surface area contributed by atoms with E-state index in [2.05, 4.69) is 36.8 Å². The number of hydrogen-bond acceptors (Lipinski definition) is 5. The largest absolute Gasteiger partial charge is 0.324 e. The van der Waals surface area contributed by atoms with Gasteiger partial charge in [0.2, 0.25) is 11.1 Å². The van der Waals surface area contributed by atoms with Crippen LogP contribution in [0.2, 0.25) is 0 Å². The monoisotopic (exact) mass is 445 g/mol. The molecule has 3 aromatic rings. The van der Waals surface area contributed by atoms with Crippen LogP contribution in [0.5, 0.6) is 0 Å². The molecule has 1 N–H and O–H groups in total. The fourth-order valence-corrected chi connectivity index (χ4v) is 4.09. The molecule has 0 aliphatic rings. The summed E-state index contributed by atoms with van der Waals surface area (Å²) in [5.41, 5.74) is 4.95. The summed E-state index contributed by atoms with van der Waals surface area (Å²) in [7, 11) is 0. The molecule has 0 aliphatic carbocycles. The van der Waals surface area contributed by atoms with Crippen LogP contribution in [-0.2, 0) is 4.79 Å². The van der Waals surface area contributed by atoms with Crippen LogP contribution in [0.25, 0.3) is 5.69 Å². The number of aryl methyl sites for hydroxylation is 3. The van der Waals surface area contributed by atoms with Gasteiger partial charge in [-0.05, 0) is 82.9 Å². The van der Waals surface area contributed by atoms with Gasteiger partial charge < -0.3 is 5.32 Å². The Labute approximate surface area is 170 Å². The number of halogens is 1. The average Bonchev–Trinajstić information content (AvgIpc) is 3.05. The van der Waals surface area contributed by atoms with E-state index in [0.29, 0.717) is 5.16 Å². The molecule has 1 atom stereocenters. The number of tetrazole rings is 1. The molecule has 6 nitrogen and oxygen atoms in total. The first-order valence-electron chi connectivity index (χ1n) is 8.45.